The molecule has 2 aromatic carbocycles. The highest BCUT2D eigenvalue weighted by Gasteiger charge is 2.25. The van der Waals surface area contributed by atoms with Gasteiger partial charge in [-0.1, -0.05) is 30.3 Å². The summed E-state index contributed by atoms with van der Waals surface area (Å²) in [7, 11) is 1.30. The molecule has 3 rings (SSSR count). The summed E-state index contributed by atoms with van der Waals surface area (Å²) in [6.45, 7) is 10.7. The summed E-state index contributed by atoms with van der Waals surface area (Å²) in [4.78, 5) is 25.0. The maximum atomic E-state index is 12.8. The van der Waals surface area contributed by atoms with Crippen LogP contribution in [0, 0.1) is 34.6 Å². The molecule has 1 N–H and O–H groups in total. The Morgan fingerprint density at radius 3 is 2.03 bits per heavy atom. The predicted octanol–water partition coefficient (Wildman–Crippen LogP) is 5.06. The molecule has 0 fully saturated rings. The first-order chi connectivity index (χ1) is 14.7. The lowest BCUT2D eigenvalue weighted by Gasteiger charge is -2.18. The van der Waals surface area contributed by atoms with Crippen molar-refractivity contribution in [2.75, 3.05) is 7.11 Å². The second-order valence-electron chi connectivity index (χ2n) is 7.89. The standard InChI is InChI=1S/C26H29NO4/c1-15-16(2)18(4)22(19(5)17(15)3)14-21-12-13-23(31-21)25(28)27-24(26(29)30-6)20-10-8-7-9-11-20/h7-13,24H,14H2,1-6H3,(H,27,28). The summed E-state index contributed by atoms with van der Waals surface area (Å²) in [6.07, 6.45) is 0.603. The molecular weight excluding hydrogens is 390 g/mol. The Morgan fingerprint density at radius 1 is 0.871 bits per heavy atom. The average Bonchev–Trinajstić information content (AvgIpc) is 3.26. The highest BCUT2D eigenvalue weighted by atomic mass is 16.5. The van der Waals surface area contributed by atoms with Crippen LogP contribution in [-0.2, 0) is 16.0 Å². The number of nitrogens with one attached hydrogen (secondary N) is 1. The molecule has 162 valence electrons. The van der Waals surface area contributed by atoms with Gasteiger partial charge in [-0.15, -0.1) is 0 Å². The van der Waals surface area contributed by atoms with Crippen LogP contribution in [0.2, 0.25) is 0 Å². The van der Waals surface area contributed by atoms with E-state index >= 15 is 0 Å². The van der Waals surface area contributed by atoms with E-state index in [9.17, 15) is 9.59 Å². The first-order valence-corrected chi connectivity index (χ1v) is 10.3. The first-order valence-electron chi connectivity index (χ1n) is 10.3. The SMILES string of the molecule is COC(=O)C(NC(=O)c1ccc(Cc2c(C)c(C)c(C)c(C)c2C)o1)c1ccccc1. The van der Waals surface area contributed by atoms with Gasteiger partial charge in [0.2, 0.25) is 0 Å². The molecule has 1 aromatic heterocycles. The van der Waals surface area contributed by atoms with Crippen molar-refractivity contribution in [1.82, 2.24) is 5.32 Å². The van der Waals surface area contributed by atoms with E-state index in [4.69, 9.17) is 9.15 Å². The van der Waals surface area contributed by atoms with Crippen molar-refractivity contribution < 1.29 is 18.7 Å². The van der Waals surface area contributed by atoms with Gasteiger partial charge in [0.1, 0.15) is 5.76 Å². The Hall–Kier alpha value is -3.34. The smallest absolute Gasteiger partial charge is 0.333 e. The molecule has 0 saturated carbocycles. The molecule has 31 heavy (non-hydrogen) atoms. The van der Waals surface area contributed by atoms with Crippen molar-refractivity contribution in [3.63, 3.8) is 0 Å². The maximum absolute atomic E-state index is 12.8. The number of hydrogen-bond acceptors (Lipinski definition) is 4. The number of hydrogen-bond donors (Lipinski definition) is 1. The van der Waals surface area contributed by atoms with Crippen LogP contribution in [0.5, 0.6) is 0 Å². The summed E-state index contributed by atoms with van der Waals surface area (Å²) in [5.41, 5.74) is 8.24. The molecule has 0 radical (unpaired) electrons. The van der Waals surface area contributed by atoms with E-state index in [1.54, 1.807) is 30.3 Å². The van der Waals surface area contributed by atoms with Crippen molar-refractivity contribution in [2.24, 2.45) is 0 Å². The molecule has 1 amide bonds. The number of amides is 1. The molecule has 3 aromatic rings. The molecule has 5 heteroatoms. The van der Waals surface area contributed by atoms with Gasteiger partial charge in [-0.3, -0.25) is 4.79 Å². The Bertz CT molecular complexity index is 1080. The third kappa shape index (κ3) is 4.55. The molecule has 5 nitrogen and oxygen atoms in total. The second-order valence-corrected chi connectivity index (χ2v) is 7.89. The van der Waals surface area contributed by atoms with Gasteiger partial charge in [-0.25, -0.2) is 4.79 Å². The zero-order chi connectivity index (χ0) is 22.7. The van der Waals surface area contributed by atoms with Crippen LogP contribution in [0.3, 0.4) is 0 Å². The number of carbonyl (C=O) groups is 2. The maximum Gasteiger partial charge on any atom is 0.333 e. The molecular formula is C26H29NO4. The molecule has 0 aliphatic carbocycles. The minimum Gasteiger partial charge on any atom is -0.467 e. The van der Waals surface area contributed by atoms with Crippen molar-refractivity contribution in [3.05, 3.63) is 92.9 Å². The van der Waals surface area contributed by atoms with Crippen LogP contribution in [0.1, 0.15) is 61.3 Å². The highest BCUT2D eigenvalue weighted by Crippen LogP contribution is 2.28. The van der Waals surface area contributed by atoms with Gasteiger partial charge < -0.3 is 14.5 Å². The minimum atomic E-state index is -0.904. The molecule has 0 aliphatic rings. The van der Waals surface area contributed by atoms with Crippen molar-refractivity contribution >= 4 is 11.9 Å². The highest BCUT2D eigenvalue weighted by molar-refractivity contribution is 5.94. The molecule has 0 saturated heterocycles. The van der Waals surface area contributed by atoms with Crippen LogP contribution >= 0.6 is 0 Å². The number of esters is 1. The third-order valence-electron chi connectivity index (χ3n) is 6.24. The monoisotopic (exact) mass is 419 g/mol. The van der Waals surface area contributed by atoms with Crippen LogP contribution in [-0.4, -0.2) is 19.0 Å². The first kappa shape index (κ1) is 22.3. The predicted molar refractivity (Wildman–Crippen MR) is 120 cm³/mol. The Balaban J connectivity index is 1.82. The van der Waals surface area contributed by atoms with Crippen molar-refractivity contribution in [1.29, 1.82) is 0 Å². The van der Waals surface area contributed by atoms with Gasteiger partial charge in [-0.05, 0) is 85.7 Å². The van der Waals surface area contributed by atoms with Gasteiger partial charge in [0.05, 0.1) is 7.11 Å². The molecule has 1 atom stereocenters. The Morgan fingerprint density at radius 2 is 1.45 bits per heavy atom. The minimum absolute atomic E-state index is 0.163. The largest absolute Gasteiger partial charge is 0.467 e. The second kappa shape index (κ2) is 9.21. The fourth-order valence-electron chi connectivity index (χ4n) is 3.86. The lowest BCUT2D eigenvalue weighted by molar-refractivity contribution is -0.143. The Labute approximate surface area is 183 Å². The average molecular weight is 420 g/mol. The fraction of sp³-hybridized carbons (Fsp3) is 0.308. The lowest BCUT2D eigenvalue weighted by Crippen LogP contribution is -2.34. The van der Waals surface area contributed by atoms with Crippen LogP contribution in [0.15, 0.2) is 46.9 Å². The third-order valence-corrected chi connectivity index (χ3v) is 6.24. The summed E-state index contributed by atoms with van der Waals surface area (Å²) >= 11 is 0. The topological polar surface area (TPSA) is 68.5 Å². The Kier molecular flexibility index (Phi) is 6.64. The zero-order valence-electron chi connectivity index (χ0n) is 19.0. The number of methoxy groups -OCH3 is 1. The summed E-state index contributed by atoms with van der Waals surface area (Å²) in [6, 6.07) is 11.5. The molecule has 0 spiro atoms. The number of rotatable bonds is 6. The van der Waals surface area contributed by atoms with Gasteiger partial charge in [0.25, 0.3) is 5.91 Å². The molecule has 0 aliphatic heterocycles. The van der Waals surface area contributed by atoms with Crippen molar-refractivity contribution in [3.8, 4) is 0 Å². The number of furan rings is 1. The van der Waals surface area contributed by atoms with E-state index in [1.807, 2.05) is 12.1 Å². The molecule has 0 bridgehead atoms. The van der Waals surface area contributed by atoms with Crippen LogP contribution in [0.4, 0.5) is 0 Å². The lowest BCUT2D eigenvalue weighted by atomic mass is 9.88. The number of ether oxygens (including phenoxy) is 1. The van der Waals surface area contributed by atoms with E-state index in [0.717, 1.165) is 0 Å². The van der Waals surface area contributed by atoms with Crippen LogP contribution < -0.4 is 5.32 Å². The van der Waals surface area contributed by atoms with E-state index in [0.29, 0.717) is 17.7 Å². The fourth-order valence-corrected chi connectivity index (χ4v) is 3.86. The summed E-state index contributed by atoms with van der Waals surface area (Å²) in [5, 5.41) is 2.72. The van der Waals surface area contributed by atoms with Gasteiger partial charge in [0.15, 0.2) is 11.8 Å². The van der Waals surface area contributed by atoms with Gasteiger partial charge in [-0.2, -0.15) is 0 Å². The van der Waals surface area contributed by atoms with E-state index in [-0.39, 0.29) is 5.76 Å². The molecule has 1 unspecified atom stereocenters. The van der Waals surface area contributed by atoms with Crippen LogP contribution in [0.25, 0.3) is 0 Å². The molecule has 1 heterocycles. The van der Waals surface area contributed by atoms with Gasteiger partial charge in [0, 0.05) is 6.42 Å². The van der Waals surface area contributed by atoms with Crippen molar-refractivity contribution in [2.45, 2.75) is 47.1 Å². The summed E-state index contributed by atoms with van der Waals surface area (Å²) in [5.74, 6) is -0.137. The number of benzene rings is 2. The normalized spacial score (nSPS) is 11.8. The quantitative estimate of drug-likeness (QED) is 0.567. The zero-order valence-corrected chi connectivity index (χ0v) is 19.0. The van der Waals surface area contributed by atoms with Gasteiger partial charge >= 0.3 is 5.97 Å². The van der Waals surface area contributed by atoms with E-state index < -0.39 is 17.9 Å². The summed E-state index contributed by atoms with van der Waals surface area (Å²) < 4.78 is 10.7. The number of carbonyl (C=O) groups excluding carboxylic acids is 2. The van der Waals surface area contributed by atoms with E-state index in [1.165, 1.54) is 40.5 Å². The van der Waals surface area contributed by atoms with E-state index in [2.05, 4.69) is 39.9 Å².